The van der Waals surface area contributed by atoms with Gasteiger partial charge in [-0.25, -0.2) is 4.79 Å². The maximum atomic E-state index is 11.5. The molecule has 2 aliphatic carbocycles. The Labute approximate surface area is 123 Å². The molecule has 1 heterocycles. The molecule has 0 bridgehead atoms. The topological polar surface area (TPSA) is 55.4 Å². The molecule has 2 atom stereocenters. The van der Waals surface area contributed by atoms with Gasteiger partial charge >= 0.3 is 6.09 Å². The molecule has 1 aromatic rings. The molecule has 1 saturated heterocycles. The molecule has 21 heavy (non-hydrogen) atoms. The van der Waals surface area contributed by atoms with E-state index in [4.69, 9.17) is 4.74 Å². The Hall–Kier alpha value is -1.84. The van der Waals surface area contributed by atoms with Gasteiger partial charge in [0.25, 0.3) is 0 Å². The van der Waals surface area contributed by atoms with Crippen LogP contribution in [0.25, 0.3) is 0 Å². The van der Waals surface area contributed by atoms with Gasteiger partial charge in [0.2, 0.25) is 0 Å². The average Bonchev–Trinajstić information content (AvgIpc) is 3.05. The molecule has 0 aromatic heterocycles. The Morgan fingerprint density at radius 1 is 1.19 bits per heavy atom. The molecule has 3 aliphatic rings. The summed E-state index contributed by atoms with van der Waals surface area (Å²) < 4.78 is 5.09. The molecule has 1 aromatic carbocycles. The molecule has 0 radical (unpaired) electrons. The van der Waals surface area contributed by atoms with E-state index in [1.165, 1.54) is 16.7 Å². The standard InChI is InChI=1S/C17H19NO3/c19-15-4-3-11-7-12(1-2-13(11)8-15)14-5-6-17(9-14)10-21-16(20)18-17/h1-2,7,14H,3-6,8-10H2,(H,18,20)/t14-,17-/m1/s1. The van der Waals surface area contributed by atoms with Gasteiger partial charge in [-0.3, -0.25) is 4.79 Å². The molecule has 4 nitrogen and oxygen atoms in total. The van der Waals surface area contributed by atoms with E-state index in [2.05, 4.69) is 23.5 Å². The van der Waals surface area contributed by atoms with Gasteiger partial charge in [0, 0.05) is 12.8 Å². The van der Waals surface area contributed by atoms with Crippen molar-refractivity contribution in [1.29, 1.82) is 0 Å². The summed E-state index contributed by atoms with van der Waals surface area (Å²) in [6, 6.07) is 6.57. The summed E-state index contributed by atoms with van der Waals surface area (Å²) in [6.45, 7) is 0.502. The number of hydrogen-bond donors (Lipinski definition) is 1. The van der Waals surface area contributed by atoms with Crippen LogP contribution in [-0.4, -0.2) is 24.0 Å². The van der Waals surface area contributed by atoms with Crippen LogP contribution in [0.15, 0.2) is 18.2 Å². The van der Waals surface area contributed by atoms with Crippen LogP contribution in [0.4, 0.5) is 4.79 Å². The van der Waals surface area contributed by atoms with Gasteiger partial charge in [-0.1, -0.05) is 18.2 Å². The molecule has 2 fully saturated rings. The highest BCUT2D eigenvalue weighted by Crippen LogP contribution is 2.43. The molecule has 110 valence electrons. The monoisotopic (exact) mass is 285 g/mol. The molecular weight excluding hydrogens is 266 g/mol. The fraction of sp³-hybridized carbons (Fsp3) is 0.529. The number of carbonyl (C=O) groups is 2. The minimum Gasteiger partial charge on any atom is -0.447 e. The number of ether oxygens (including phenoxy) is 1. The van der Waals surface area contributed by atoms with Gasteiger partial charge in [0.15, 0.2) is 0 Å². The minimum atomic E-state index is -0.278. The first-order valence-corrected chi connectivity index (χ1v) is 7.72. The molecule has 1 N–H and O–H groups in total. The Morgan fingerprint density at radius 2 is 2.10 bits per heavy atom. The lowest BCUT2D eigenvalue weighted by molar-refractivity contribution is -0.118. The summed E-state index contributed by atoms with van der Waals surface area (Å²) in [5.74, 6) is 0.829. The molecular formula is C17H19NO3. The number of Topliss-reactive ketones (excluding diaryl/α,β-unsaturated/α-hetero) is 1. The number of cyclic esters (lactones) is 1. The quantitative estimate of drug-likeness (QED) is 0.862. The van der Waals surface area contributed by atoms with E-state index >= 15 is 0 Å². The number of benzene rings is 1. The van der Waals surface area contributed by atoms with Crippen LogP contribution in [0, 0.1) is 0 Å². The number of hydrogen-bond acceptors (Lipinski definition) is 3. The van der Waals surface area contributed by atoms with E-state index in [9.17, 15) is 9.59 Å². The molecule has 0 unspecified atom stereocenters. The molecule has 4 rings (SSSR count). The lowest BCUT2D eigenvalue weighted by atomic mass is 9.86. The normalized spacial score (nSPS) is 31.1. The first-order valence-electron chi connectivity index (χ1n) is 7.72. The van der Waals surface area contributed by atoms with Crippen molar-refractivity contribution < 1.29 is 14.3 Å². The molecule has 1 spiro atoms. The largest absolute Gasteiger partial charge is 0.447 e. The highest BCUT2D eigenvalue weighted by molar-refractivity contribution is 5.83. The molecule has 1 saturated carbocycles. The third-order valence-electron chi connectivity index (χ3n) is 5.22. The van der Waals surface area contributed by atoms with Gasteiger partial charge in [0.1, 0.15) is 12.4 Å². The predicted molar refractivity (Wildman–Crippen MR) is 77.3 cm³/mol. The average molecular weight is 285 g/mol. The number of alkyl carbamates (subject to hydrolysis) is 1. The number of aryl methyl sites for hydroxylation is 1. The SMILES string of the molecule is O=C1CCc2cc([C@@H]3CC[C@]4(COC(=O)N4)C3)ccc2C1. The third kappa shape index (κ3) is 2.23. The summed E-state index contributed by atoms with van der Waals surface area (Å²) in [5, 5.41) is 2.99. The smallest absolute Gasteiger partial charge is 0.407 e. The van der Waals surface area contributed by atoms with Gasteiger partial charge < -0.3 is 10.1 Å². The number of ketones is 1. The summed E-state index contributed by atoms with van der Waals surface area (Å²) in [7, 11) is 0. The zero-order chi connectivity index (χ0) is 14.4. The maximum absolute atomic E-state index is 11.5. The van der Waals surface area contributed by atoms with Crippen LogP contribution >= 0.6 is 0 Å². The molecule has 1 amide bonds. The second kappa shape index (κ2) is 4.58. The maximum Gasteiger partial charge on any atom is 0.407 e. The number of carbonyl (C=O) groups excluding carboxylic acids is 2. The van der Waals surface area contributed by atoms with Crippen LogP contribution in [0.1, 0.15) is 48.3 Å². The summed E-state index contributed by atoms with van der Waals surface area (Å²) in [5.41, 5.74) is 3.73. The van der Waals surface area contributed by atoms with Crippen molar-refractivity contribution in [2.24, 2.45) is 0 Å². The van der Waals surface area contributed by atoms with Crippen LogP contribution < -0.4 is 5.32 Å². The lowest BCUT2D eigenvalue weighted by Crippen LogP contribution is -2.40. The van der Waals surface area contributed by atoms with Crippen molar-refractivity contribution in [3.63, 3.8) is 0 Å². The van der Waals surface area contributed by atoms with E-state index in [1.807, 2.05) is 0 Å². The van der Waals surface area contributed by atoms with Crippen molar-refractivity contribution in [3.05, 3.63) is 34.9 Å². The first-order chi connectivity index (χ1) is 10.1. The van der Waals surface area contributed by atoms with E-state index in [1.54, 1.807) is 0 Å². The van der Waals surface area contributed by atoms with Gasteiger partial charge in [0.05, 0.1) is 5.54 Å². The van der Waals surface area contributed by atoms with Crippen molar-refractivity contribution in [3.8, 4) is 0 Å². The predicted octanol–water partition coefficient (Wildman–Crippen LogP) is 2.49. The Bertz CT molecular complexity index is 624. The van der Waals surface area contributed by atoms with Crippen LogP contribution in [0.5, 0.6) is 0 Å². The fourth-order valence-corrected chi connectivity index (χ4v) is 4.03. The van der Waals surface area contributed by atoms with Crippen LogP contribution in [-0.2, 0) is 22.4 Å². The van der Waals surface area contributed by atoms with Gasteiger partial charge in [-0.15, -0.1) is 0 Å². The lowest BCUT2D eigenvalue weighted by Gasteiger charge is -2.21. The second-order valence-corrected chi connectivity index (χ2v) is 6.66. The Kier molecular flexibility index (Phi) is 2.81. The van der Waals surface area contributed by atoms with Gasteiger partial charge in [-0.05, 0) is 48.3 Å². The Morgan fingerprint density at radius 3 is 2.90 bits per heavy atom. The molecule has 4 heteroatoms. The van der Waals surface area contributed by atoms with Crippen molar-refractivity contribution in [1.82, 2.24) is 5.32 Å². The molecule has 1 aliphatic heterocycles. The van der Waals surface area contributed by atoms with E-state index in [0.717, 1.165) is 25.7 Å². The van der Waals surface area contributed by atoms with Crippen LogP contribution in [0.2, 0.25) is 0 Å². The highest BCUT2D eigenvalue weighted by atomic mass is 16.6. The number of fused-ring (bicyclic) bond motifs is 1. The summed E-state index contributed by atoms with van der Waals surface area (Å²) >= 11 is 0. The third-order valence-corrected chi connectivity index (χ3v) is 5.22. The van der Waals surface area contributed by atoms with Crippen LogP contribution in [0.3, 0.4) is 0 Å². The van der Waals surface area contributed by atoms with Crippen molar-refractivity contribution >= 4 is 11.9 Å². The zero-order valence-electron chi connectivity index (χ0n) is 12.0. The zero-order valence-corrected chi connectivity index (χ0v) is 12.0. The van der Waals surface area contributed by atoms with E-state index in [0.29, 0.717) is 31.1 Å². The highest BCUT2D eigenvalue weighted by Gasteiger charge is 2.45. The van der Waals surface area contributed by atoms with E-state index < -0.39 is 0 Å². The Balaban J connectivity index is 1.55. The number of rotatable bonds is 1. The fourth-order valence-electron chi connectivity index (χ4n) is 4.03. The number of nitrogens with one attached hydrogen (secondary N) is 1. The number of amides is 1. The van der Waals surface area contributed by atoms with Crippen molar-refractivity contribution in [2.45, 2.75) is 50.0 Å². The van der Waals surface area contributed by atoms with Crippen molar-refractivity contribution in [2.75, 3.05) is 6.61 Å². The van der Waals surface area contributed by atoms with Gasteiger partial charge in [-0.2, -0.15) is 0 Å². The van der Waals surface area contributed by atoms with E-state index in [-0.39, 0.29) is 11.6 Å². The summed E-state index contributed by atoms with van der Waals surface area (Å²) in [6.07, 6.45) is 4.89. The first kappa shape index (κ1) is 12.9. The summed E-state index contributed by atoms with van der Waals surface area (Å²) in [4.78, 5) is 22.8. The second-order valence-electron chi connectivity index (χ2n) is 6.66. The minimum absolute atomic E-state index is 0.145.